The first kappa shape index (κ1) is 14.3. The first-order chi connectivity index (χ1) is 8.75. The third-order valence-electron chi connectivity index (χ3n) is 4.15. The van der Waals surface area contributed by atoms with E-state index in [1.54, 1.807) is 0 Å². The van der Waals surface area contributed by atoms with Gasteiger partial charge in [-0.25, -0.2) is 0 Å². The van der Waals surface area contributed by atoms with E-state index in [2.05, 4.69) is 29.0 Å². The van der Waals surface area contributed by atoms with Crippen molar-refractivity contribution >= 4 is 0 Å². The molecule has 0 aromatic heterocycles. The van der Waals surface area contributed by atoms with Gasteiger partial charge in [0.15, 0.2) is 0 Å². The minimum Gasteiger partial charge on any atom is -0.379 e. The Bertz CT molecular complexity index is 223. The Labute approximate surface area is 112 Å². The summed E-state index contributed by atoms with van der Waals surface area (Å²) in [7, 11) is 0. The van der Waals surface area contributed by atoms with Crippen molar-refractivity contribution in [1.82, 2.24) is 15.1 Å². The van der Waals surface area contributed by atoms with Crippen LogP contribution in [0.25, 0.3) is 0 Å². The second-order valence-electron chi connectivity index (χ2n) is 5.84. The van der Waals surface area contributed by atoms with E-state index < -0.39 is 0 Å². The highest BCUT2D eigenvalue weighted by molar-refractivity contribution is 4.80. The highest BCUT2D eigenvalue weighted by atomic mass is 16.5. The highest BCUT2D eigenvalue weighted by Gasteiger charge is 2.20. The van der Waals surface area contributed by atoms with Gasteiger partial charge in [-0.15, -0.1) is 0 Å². The molecule has 0 spiro atoms. The Kier molecular flexibility index (Phi) is 5.89. The Hall–Kier alpha value is -0.160. The fraction of sp³-hybridized carbons (Fsp3) is 1.00. The van der Waals surface area contributed by atoms with Crippen molar-refractivity contribution in [1.29, 1.82) is 0 Å². The summed E-state index contributed by atoms with van der Waals surface area (Å²) >= 11 is 0. The van der Waals surface area contributed by atoms with Crippen molar-refractivity contribution in [3.05, 3.63) is 0 Å². The molecule has 2 aliphatic heterocycles. The van der Waals surface area contributed by atoms with Gasteiger partial charge >= 0.3 is 0 Å². The van der Waals surface area contributed by atoms with Crippen LogP contribution in [0.5, 0.6) is 0 Å². The van der Waals surface area contributed by atoms with Gasteiger partial charge in [-0.2, -0.15) is 0 Å². The van der Waals surface area contributed by atoms with Gasteiger partial charge in [0.25, 0.3) is 0 Å². The van der Waals surface area contributed by atoms with Gasteiger partial charge in [0, 0.05) is 44.8 Å². The van der Waals surface area contributed by atoms with Gasteiger partial charge in [0.1, 0.15) is 0 Å². The number of ether oxygens (including phenoxy) is 1. The monoisotopic (exact) mass is 255 g/mol. The summed E-state index contributed by atoms with van der Waals surface area (Å²) in [6.07, 6.45) is 2.70. The van der Waals surface area contributed by atoms with Crippen molar-refractivity contribution in [2.45, 2.75) is 38.8 Å². The van der Waals surface area contributed by atoms with Gasteiger partial charge in [-0.1, -0.05) is 0 Å². The molecule has 2 aliphatic rings. The smallest absolute Gasteiger partial charge is 0.0594 e. The molecule has 1 N–H and O–H groups in total. The fourth-order valence-corrected chi connectivity index (χ4v) is 2.85. The molecule has 2 rings (SSSR count). The molecular weight excluding hydrogens is 226 g/mol. The van der Waals surface area contributed by atoms with E-state index in [0.29, 0.717) is 6.04 Å². The van der Waals surface area contributed by atoms with Crippen LogP contribution in [0.4, 0.5) is 0 Å². The summed E-state index contributed by atoms with van der Waals surface area (Å²) in [6.45, 7) is 13.5. The maximum atomic E-state index is 5.40. The van der Waals surface area contributed by atoms with E-state index in [1.807, 2.05) is 0 Å². The van der Waals surface area contributed by atoms with Crippen LogP contribution in [0.2, 0.25) is 0 Å². The Balaban J connectivity index is 1.71. The average Bonchev–Trinajstić information content (AvgIpc) is 2.88. The van der Waals surface area contributed by atoms with Crippen LogP contribution in [-0.2, 0) is 4.74 Å². The summed E-state index contributed by atoms with van der Waals surface area (Å²) in [4.78, 5) is 5.15. The zero-order valence-electron chi connectivity index (χ0n) is 12.0. The quantitative estimate of drug-likeness (QED) is 0.759. The molecule has 2 heterocycles. The van der Waals surface area contributed by atoms with Crippen molar-refractivity contribution in [2.24, 2.45) is 0 Å². The minimum absolute atomic E-state index is 0.647. The summed E-state index contributed by atoms with van der Waals surface area (Å²) < 4.78 is 5.40. The predicted molar refractivity (Wildman–Crippen MR) is 75.0 cm³/mol. The molecule has 0 radical (unpaired) electrons. The van der Waals surface area contributed by atoms with E-state index in [0.717, 1.165) is 32.3 Å². The molecule has 0 aliphatic carbocycles. The van der Waals surface area contributed by atoms with Gasteiger partial charge in [0.05, 0.1) is 13.2 Å². The molecule has 4 nitrogen and oxygen atoms in total. The van der Waals surface area contributed by atoms with Crippen LogP contribution >= 0.6 is 0 Å². The third-order valence-corrected chi connectivity index (χ3v) is 4.15. The molecule has 1 unspecified atom stereocenters. The zero-order chi connectivity index (χ0) is 12.8. The van der Waals surface area contributed by atoms with Crippen molar-refractivity contribution in [2.75, 3.05) is 52.5 Å². The maximum Gasteiger partial charge on any atom is 0.0594 e. The first-order valence-corrected chi connectivity index (χ1v) is 7.53. The summed E-state index contributed by atoms with van der Waals surface area (Å²) in [6, 6.07) is 1.37. The molecule has 2 saturated heterocycles. The van der Waals surface area contributed by atoms with Gasteiger partial charge < -0.3 is 10.1 Å². The lowest BCUT2D eigenvalue weighted by Gasteiger charge is -2.33. The normalized spacial score (nSPS) is 26.3. The Morgan fingerprint density at radius 1 is 1.33 bits per heavy atom. The molecule has 0 saturated carbocycles. The van der Waals surface area contributed by atoms with Crippen LogP contribution in [0.1, 0.15) is 26.7 Å². The molecule has 0 bridgehead atoms. The lowest BCUT2D eigenvalue weighted by molar-refractivity contribution is 0.0312. The molecule has 4 heteroatoms. The van der Waals surface area contributed by atoms with Crippen LogP contribution in [0.3, 0.4) is 0 Å². The molecule has 1 atom stereocenters. The third kappa shape index (κ3) is 4.50. The maximum absolute atomic E-state index is 5.40. The first-order valence-electron chi connectivity index (χ1n) is 7.53. The number of hydrogen-bond acceptors (Lipinski definition) is 4. The Morgan fingerprint density at radius 2 is 2.11 bits per heavy atom. The lowest BCUT2D eigenvalue weighted by atomic mass is 10.2. The van der Waals surface area contributed by atoms with Crippen LogP contribution < -0.4 is 5.32 Å². The summed E-state index contributed by atoms with van der Waals surface area (Å²) in [5.74, 6) is 0. The number of nitrogens with one attached hydrogen (secondary N) is 1. The van der Waals surface area contributed by atoms with Crippen LogP contribution in [-0.4, -0.2) is 74.4 Å². The minimum atomic E-state index is 0.647. The van der Waals surface area contributed by atoms with Crippen molar-refractivity contribution < 1.29 is 4.74 Å². The average molecular weight is 255 g/mol. The number of morpholine rings is 1. The summed E-state index contributed by atoms with van der Waals surface area (Å²) in [5, 5.41) is 3.60. The summed E-state index contributed by atoms with van der Waals surface area (Å²) in [5.41, 5.74) is 0. The van der Waals surface area contributed by atoms with E-state index in [-0.39, 0.29) is 0 Å². The largest absolute Gasteiger partial charge is 0.379 e. The van der Waals surface area contributed by atoms with Crippen molar-refractivity contribution in [3.8, 4) is 0 Å². The molecule has 0 aromatic rings. The lowest BCUT2D eigenvalue weighted by Crippen LogP contribution is -2.46. The van der Waals surface area contributed by atoms with Gasteiger partial charge in [-0.05, 0) is 33.2 Å². The van der Waals surface area contributed by atoms with Crippen molar-refractivity contribution in [3.63, 3.8) is 0 Å². The molecule has 106 valence electrons. The highest BCUT2D eigenvalue weighted by Crippen LogP contribution is 2.09. The van der Waals surface area contributed by atoms with E-state index in [4.69, 9.17) is 4.74 Å². The number of rotatable bonds is 6. The van der Waals surface area contributed by atoms with E-state index >= 15 is 0 Å². The standard InChI is InChI=1S/C14H29N3O/c1-13(2)17(12-14-4-3-5-15-14)7-6-16-8-10-18-11-9-16/h13-15H,3-12H2,1-2H3. The molecular formula is C14H29N3O. The molecule has 2 fully saturated rings. The van der Waals surface area contributed by atoms with E-state index in [1.165, 1.54) is 39.0 Å². The van der Waals surface area contributed by atoms with Crippen LogP contribution in [0.15, 0.2) is 0 Å². The number of hydrogen-bond donors (Lipinski definition) is 1. The van der Waals surface area contributed by atoms with Gasteiger partial charge in [-0.3, -0.25) is 9.80 Å². The Morgan fingerprint density at radius 3 is 2.72 bits per heavy atom. The molecule has 0 aromatic carbocycles. The van der Waals surface area contributed by atoms with Gasteiger partial charge in [0.2, 0.25) is 0 Å². The zero-order valence-corrected chi connectivity index (χ0v) is 12.0. The van der Waals surface area contributed by atoms with Crippen LogP contribution in [0, 0.1) is 0 Å². The van der Waals surface area contributed by atoms with E-state index in [9.17, 15) is 0 Å². The predicted octanol–water partition coefficient (Wildman–Crippen LogP) is 0.781. The second kappa shape index (κ2) is 7.43. The molecule has 0 amide bonds. The second-order valence-corrected chi connectivity index (χ2v) is 5.84. The fourth-order valence-electron chi connectivity index (χ4n) is 2.85. The SMILES string of the molecule is CC(C)N(CCN1CCOCC1)CC1CCCN1. The topological polar surface area (TPSA) is 27.7 Å². The molecule has 18 heavy (non-hydrogen) atoms. The number of nitrogens with zero attached hydrogens (tertiary/aromatic N) is 2.